The van der Waals surface area contributed by atoms with Gasteiger partial charge in [-0.1, -0.05) is 0 Å². The maximum absolute atomic E-state index is 12.3. The molecule has 2 rings (SSSR count). The van der Waals surface area contributed by atoms with Crippen molar-refractivity contribution in [3.05, 3.63) is 24.5 Å². The van der Waals surface area contributed by atoms with Crippen LogP contribution >= 0.6 is 0 Å². The van der Waals surface area contributed by atoms with Crippen LogP contribution in [0.25, 0.3) is 11.5 Å². The van der Waals surface area contributed by atoms with Crippen LogP contribution in [0.1, 0.15) is 0 Å². The van der Waals surface area contributed by atoms with Gasteiger partial charge in [-0.05, 0) is 18.2 Å². The van der Waals surface area contributed by atoms with Gasteiger partial charge in [0, 0.05) is 12.6 Å². The molecule has 0 saturated heterocycles. The van der Waals surface area contributed by atoms with Crippen molar-refractivity contribution in [2.45, 2.75) is 13.2 Å². The van der Waals surface area contributed by atoms with Crippen LogP contribution in [0.15, 0.2) is 28.9 Å². The van der Waals surface area contributed by atoms with E-state index in [9.17, 15) is 17.6 Å². The zero-order chi connectivity index (χ0) is 15.4. The van der Waals surface area contributed by atoms with Gasteiger partial charge < -0.3 is 19.2 Å². The molecule has 0 atom stereocenters. The molecule has 1 heterocycles. The predicted octanol–water partition coefficient (Wildman–Crippen LogP) is 3.59. The third kappa shape index (κ3) is 3.77. The summed E-state index contributed by atoms with van der Waals surface area (Å²) in [5, 5.41) is 2.72. The minimum atomic E-state index is -3.18. The molecular weight excluding hydrogens is 296 g/mol. The summed E-state index contributed by atoms with van der Waals surface area (Å²) < 4.78 is 62.4. The Bertz CT molecular complexity index is 604. The van der Waals surface area contributed by atoms with Crippen LogP contribution in [0.3, 0.4) is 0 Å². The van der Waals surface area contributed by atoms with Gasteiger partial charge in [0.2, 0.25) is 5.89 Å². The molecule has 0 unspecified atom stereocenters. The SMILES string of the molecule is CNc1coc(-c2ccc(OC(F)F)c(OC(F)F)c2)n1. The van der Waals surface area contributed by atoms with Crippen molar-refractivity contribution in [1.29, 1.82) is 0 Å². The van der Waals surface area contributed by atoms with Crippen LogP contribution in [-0.4, -0.2) is 25.3 Å². The molecule has 1 N–H and O–H groups in total. The summed E-state index contributed by atoms with van der Waals surface area (Å²) >= 11 is 0. The first-order chi connectivity index (χ1) is 9.99. The second kappa shape index (κ2) is 6.33. The molecule has 0 spiro atoms. The molecular formula is C12H10F4N2O3. The van der Waals surface area contributed by atoms with Crippen LogP contribution in [0.2, 0.25) is 0 Å². The van der Waals surface area contributed by atoms with Gasteiger partial charge in [0.15, 0.2) is 17.3 Å². The van der Waals surface area contributed by atoms with Crippen molar-refractivity contribution in [3.8, 4) is 23.0 Å². The van der Waals surface area contributed by atoms with E-state index < -0.39 is 24.7 Å². The average molecular weight is 306 g/mol. The van der Waals surface area contributed by atoms with Gasteiger partial charge in [0.1, 0.15) is 6.26 Å². The van der Waals surface area contributed by atoms with E-state index in [1.807, 2.05) is 0 Å². The molecule has 21 heavy (non-hydrogen) atoms. The van der Waals surface area contributed by atoms with Crippen molar-refractivity contribution < 1.29 is 31.5 Å². The highest BCUT2D eigenvalue weighted by Crippen LogP contribution is 2.34. The maximum Gasteiger partial charge on any atom is 0.387 e. The van der Waals surface area contributed by atoms with Gasteiger partial charge in [-0.2, -0.15) is 22.5 Å². The normalized spacial score (nSPS) is 11.0. The Labute approximate surface area is 116 Å². The largest absolute Gasteiger partial charge is 0.442 e. The van der Waals surface area contributed by atoms with Crippen molar-refractivity contribution in [3.63, 3.8) is 0 Å². The van der Waals surface area contributed by atoms with Gasteiger partial charge in [0.25, 0.3) is 0 Å². The Morgan fingerprint density at radius 2 is 1.76 bits per heavy atom. The second-order valence-electron chi connectivity index (χ2n) is 3.71. The zero-order valence-electron chi connectivity index (χ0n) is 10.6. The number of alkyl halides is 4. The Balaban J connectivity index is 2.35. The number of anilines is 1. The van der Waals surface area contributed by atoms with E-state index in [2.05, 4.69) is 19.8 Å². The molecule has 1 aromatic carbocycles. The van der Waals surface area contributed by atoms with Gasteiger partial charge in [-0.15, -0.1) is 0 Å². The molecule has 0 amide bonds. The summed E-state index contributed by atoms with van der Waals surface area (Å²) in [5.74, 6) is -0.502. The number of hydrogen-bond donors (Lipinski definition) is 1. The number of benzene rings is 1. The Morgan fingerprint density at radius 1 is 1.10 bits per heavy atom. The number of hydrogen-bond acceptors (Lipinski definition) is 5. The van der Waals surface area contributed by atoms with Gasteiger partial charge in [-0.3, -0.25) is 0 Å². The van der Waals surface area contributed by atoms with Gasteiger partial charge in [-0.25, -0.2) is 0 Å². The van der Waals surface area contributed by atoms with E-state index in [-0.39, 0.29) is 11.5 Å². The third-order valence-electron chi connectivity index (χ3n) is 2.38. The number of nitrogens with zero attached hydrogens (tertiary/aromatic N) is 1. The quantitative estimate of drug-likeness (QED) is 0.827. The Kier molecular flexibility index (Phi) is 4.51. The van der Waals surface area contributed by atoms with Crippen LogP contribution in [0, 0.1) is 0 Å². The molecule has 0 aliphatic heterocycles. The predicted molar refractivity (Wildman–Crippen MR) is 64.7 cm³/mol. The summed E-state index contributed by atoms with van der Waals surface area (Å²) in [6.45, 7) is -6.34. The van der Waals surface area contributed by atoms with Crippen molar-refractivity contribution in [2.24, 2.45) is 0 Å². The molecule has 0 aliphatic rings. The topological polar surface area (TPSA) is 56.5 Å². The number of rotatable bonds is 6. The molecule has 0 fully saturated rings. The molecule has 1 aromatic heterocycles. The summed E-state index contributed by atoms with van der Waals surface area (Å²) in [7, 11) is 1.62. The summed E-state index contributed by atoms with van der Waals surface area (Å²) in [6, 6.07) is 3.49. The fraction of sp³-hybridized carbons (Fsp3) is 0.250. The van der Waals surface area contributed by atoms with E-state index in [1.54, 1.807) is 7.05 Å². The molecule has 0 saturated carbocycles. The molecule has 0 radical (unpaired) electrons. The Hall–Kier alpha value is -2.45. The summed E-state index contributed by atoms with van der Waals surface area (Å²) in [6.07, 6.45) is 1.31. The molecule has 114 valence electrons. The standard InChI is InChI=1S/C12H10F4N2O3/c1-17-9-5-19-10(18-9)6-2-3-7(20-11(13)14)8(4-6)21-12(15)16/h2-5,11-12,17H,1H3. The minimum Gasteiger partial charge on any atom is -0.442 e. The van der Waals surface area contributed by atoms with Gasteiger partial charge in [0.05, 0.1) is 0 Å². The van der Waals surface area contributed by atoms with E-state index in [1.165, 1.54) is 12.3 Å². The fourth-order valence-electron chi connectivity index (χ4n) is 1.54. The molecule has 0 aliphatic carbocycles. The number of halogens is 4. The van der Waals surface area contributed by atoms with Crippen LogP contribution in [0.4, 0.5) is 23.4 Å². The Morgan fingerprint density at radius 3 is 2.33 bits per heavy atom. The van der Waals surface area contributed by atoms with E-state index in [0.717, 1.165) is 12.1 Å². The van der Waals surface area contributed by atoms with Crippen molar-refractivity contribution in [2.75, 3.05) is 12.4 Å². The van der Waals surface area contributed by atoms with Crippen molar-refractivity contribution >= 4 is 5.82 Å². The van der Waals surface area contributed by atoms with Gasteiger partial charge >= 0.3 is 13.2 Å². The number of aromatic nitrogens is 1. The lowest BCUT2D eigenvalue weighted by Crippen LogP contribution is -2.07. The van der Waals surface area contributed by atoms with Crippen LogP contribution in [-0.2, 0) is 0 Å². The molecule has 0 bridgehead atoms. The molecule has 5 nitrogen and oxygen atoms in total. The average Bonchev–Trinajstić information content (AvgIpc) is 2.88. The number of ether oxygens (including phenoxy) is 2. The maximum atomic E-state index is 12.3. The summed E-state index contributed by atoms with van der Waals surface area (Å²) in [5.41, 5.74) is 0.272. The smallest absolute Gasteiger partial charge is 0.387 e. The zero-order valence-corrected chi connectivity index (χ0v) is 10.6. The fourth-order valence-corrected chi connectivity index (χ4v) is 1.54. The highest BCUT2D eigenvalue weighted by Gasteiger charge is 2.17. The van der Waals surface area contributed by atoms with E-state index in [4.69, 9.17) is 4.42 Å². The van der Waals surface area contributed by atoms with Crippen LogP contribution < -0.4 is 14.8 Å². The molecule has 9 heteroatoms. The number of oxazole rings is 1. The lowest BCUT2D eigenvalue weighted by atomic mass is 10.2. The first-order valence-electron chi connectivity index (χ1n) is 5.67. The number of nitrogens with one attached hydrogen (secondary N) is 1. The molecule has 2 aromatic rings. The second-order valence-corrected chi connectivity index (χ2v) is 3.71. The van der Waals surface area contributed by atoms with Crippen molar-refractivity contribution in [1.82, 2.24) is 4.98 Å². The highest BCUT2D eigenvalue weighted by molar-refractivity contribution is 5.61. The van der Waals surface area contributed by atoms with E-state index >= 15 is 0 Å². The lowest BCUT2D eigenvalue weighted by molar-refractivity contribution is -0.0692. The third-order valence-corrected chi connectivity index (χ3v) is 2.38. The van der Waals surface area contributed by atoms with E-state index in [0.29, 0.717) is 5.82 Å². The minimum absolute atomic E-state index is 0.113. The first kappa shape index (κ1) is 14.9. The summed E-state index contributed by atoms with van der Waals surface area (Å²) in [4.78, 5) is 4.00. The van der Waals surface area contributed by atoms with Crippen LogP contribution in [0.5, 0.6) is 11.5 Å². The monoisotopic (exact) mass is 306 g/mol. The lowest BCUT2D eigenvalue weighted by Gasteiger charge is -2.12. The highest BCUT2D eigenvalue weighted by atomic mass is 19.3. The first-order valence-corrected chi connectivity index (χ1v) is 5.67.